The van der Waals surface area contributed by atoms with E-state index in [0.717, 1.165) is 30.6 Å². The van der Waals surface area contributed by atoms with Crippen molar-refractivity contribution in [1.29, 1.82) is 0 Å². The van der Waals surface area contributed by atoms with E-state index in [1.807, 2.05) is 24.3 Å². The number of methoxy groups -OCH3 is 1. The lowest BCUT2D eigenvalue weighted by molar-refractivity contribution is -0.141. The van der Waals surface area contributed by atoms with Gasteiger partial charge in [0.05, 0.1) is 17.5 Å². The molecule has 0 unspecified atom stereocenters. The summed E-state index contributed by atoms with van der Waals surface area (Å²) in [6.07, 6.45) is 2.53. The summed E-state index contributed by atoms with van der Waals surface area (Å²) < 4.78 is 5.31. The number of amides is 1. The summed E-state index contributed by atoms with van der Waals surface area (Å²) in [5, 5.41) is 0. The molecule has 1 aliphatic rings. The highest BCUT2D eigenvalue weighted by atomic mass is 32.1. The summed E-state index contributed by atoms with van der Waals surface area (Å²) in [5.41, 5.74) is 6.14. The number of rotatable bonds is 5. The summed E-state index contributed by atoms with van der Waals surface area (Å²) in [4.78, 5) is 14.6. The first-order valence-electron chi connectivity index (χ1n) is 6.68. The first-order valence-corrected chi connectivity index (χ1v) is 7.09. The number of nitrogens with two attached hydrogens (primary N) is 1. The molecular weight excluding hydrogens is 272 g/mol. The third kappa shape index (κ3) is 2.50. The van der Waals surface area contributed by atoms with Crippen molar-refractivity contribution < 1.29 is 9.53 Å². The maximum absolute atomic E-state index is 12.6. The number of benzene rings is 1. The molecule has 0 heterocycles. The van der Waals surface area contributed by atoms with Crippen LogP contribution >= 0.6 is 12.2 Å². The molecule has 0 saturated heterocycles. The number of carbonyl (C=O) groups excluding carboxylic acids is 1. The fourth-order valence-corrected chi connectivity index (χ4v) is 2.91. The van der Waals surface area contributed by atoms with Gasteiger partial charge in [0.15, 0.2) is 0 Å². The molecule has 1 fully saturated rings. The average Bonchev–Trinajstić information content (AvgIpc) is 2.37. The summed E-state index contributed by atoms with van der Waals surface area (Å²) in [7, 11) is 3.41. The highest BCUT2D eigenvalue weighted by Gasteiger charge is 2.48. The largest absolute Gasteiger partial charge is 0.496 e. The third-order valence-electron chi connectivity index (χ3n) is 4.03. The zero-order chi connectivity index (χ0) is 14.8. The summed E-state index contributed by atoms with van der Waals surface area (Å²) in [5.74, 6) is 0.798. The number of para-hydroxylation sites is 1. The topological polar surface area (TPSA) is 55.6 Å². The molecule has 2 N–H and O–H groups in total. The van der Waals surface area contributed by atoms with Crippen LogP contribution in [0.4, 0.5) is 0 Å². The van der Waals surface area contributed by atoms with E-state index >= 15 is 0 Å². The predicted octanol–water partition coefficient (Wildman–Crippen LogP) is 2.11. The number of hydrogen-bond acceptors (Lipinski definition) is 3. The van der Waals surface area contributed by atoms with E-state index in [1.54, 1.807) is 19.1 Å². The number of hydrogen-bond donors (Lipinski definition) is 1. The lowest BCUT2D eigenvalue weighted by Crippen LogP contribution is -2.53. The van der Waals surface area contributed by atoms with Crippen molar-refractivity contribution >= 4 is 23.1 Å². The monoisotopic (exact) mass is 292 g/mol. The summed E-state index contributed by atoms with van der Waals surface area (Å²) >= 11 is 5.10. The van der Waals surface area contributed by atoms with Gasteiger partial charge in [-0.2, -0.15) is 0 Å². The molecule has 0 bridgehead atoms. The van der Waals surface area contributed by atoms with E-state index < -0.39 is 5.41 Å². The molecule has 0 spiro atoms. The maximum atomic E-state index is 12.6. The van der Waals surface area contributed by atoms with Gasteiger partial charge in [0.25, 0.3) is 0 Å². The van der Waals surface area contributed by atoms with Crippen LogP contribution in [0.1, 0.15) is 24.8 Å². The van der Waals surface area contributed by atoms with E-state index in [9.17, 15) is 4.79 Å². The van der Waals surface area contributed by atoms with Gasteiger partial charge in [0.2, 0.25) is 5.91 Å². The second kappa shape index (κ2) is 5.79. The van der Waals surface area contributed by atoms with Crippen molar-refractivity contribution in [2.45, 2.75) is 25.8 Å². The van der Waals surface area contributed by atoms with Gasteiger partial charge in [-0.3, -0.25) is 4.79 Å². The van der Waals surface area contributed by atoms with E-state index in [1.165, 1.54) is 0 Å². The molecule has 1 saturated carbocycles. The van der Waals surface area contributed by atoms with Crippen LogP contribution in [-0.4, -0.2) is 30.0 Å². The van der Waals surface area contributed by atoms with Crippen molar-refractivity contribution in [1.82, 2.24) is 4.90 Å². The fraction of sp³-hybridized carbons (Fsp3) is 0.467. The van der Waals surface area contributed by atoms with Crippen LogP contribution in [0.2, 0.25) is 0 Å². The van der Waals surface area contributed by atoms with Crippen molar-refractivity contribution in [3.8, 4) is 5.75 Å². The van der Waals surface area contributed by atoms with Gasteiger partial charge < -0.3 is 15.4 Å². The van der Waals surface area contributed by atoms with Crippen LogP contribution in [0.15, 0.2) is 24.3 Å². The zero-order valence-electron chi connectivity index (χ0n) is 11.9. The van der Waals surface area contributed by atoms with Crippen molar-refractivity contribution in [2.75, 3.05) is 14.2 Å². The summed E-state index contributed by atoms with van der Waals surface area (Å²) in [6, 6.07) is 7.69. The van der Waals surface area contributed by atoms with Crippen molar-refractivity contribution in [2.24, 2.45) is 11.1 Å². The predicted molar refractivity (Wildman–Crippen MR) is 82.5 cm³/mol. The van der Waals surface area contributed by atoms with Gasteiger partial charge in [-0.25, -0.2) is 0 Å². The Morgan fingerprint density at radius 2 is 2.10 bits per heavy atom. The standard InChI is InChI=1S/C15H20N2O2S/c1-17(10-11-6-3-4-7-12(11)19-2)14(18)15(13(16)20)8-5-9-15/h3-4,6-7H,5,8-10H2,1-2H3,(H2,16,20). The normalized spacial score (nSPS) is 16.1. The molecule has 1 aromatic carbocycles. The molecule has 108 valence electrons. The Kier molecular flexibility index (Phi) is 4.28. The van der Waals surface area contributed by atoms with Gasteiger partial charge in [0, 0.05) is 19.2 Å². The third-order valence-corrected chi connectivity index (χ3v) is 4.43. The Morgan fingerprint density at radius 3 is 2.60 bits per heavy atom. The van der Waals surface area contributed by atoms with E-state index in [-0.39, 0.29) is 5.91 Å². The molecule has 1 amide bonds. The Bertz CT molecular complexity index is 526. The lowest BCUT2D eigenvalue weighted by Gasteiger charge is -2.41. The van der Waals surface area contributed by atoms with Gasteiger partial charge in [-0.1, -0.05) is 36.8 Å². The minimum Gasteiger partial charge on any atom is -0.496 e. The number of thiocarbonyl (C=S) groups is 1. The smallest absolute Gasteiger partial charge is 0.235 e. The summed E-state index contributed by atoms with van der Waals surface area (Å²) in [6.45, 7) is 0.493. The van der Waals surface area contributed by atoms with Crippen LogP contribution < -0.4 is 10.5 Å². The van der Waals surface area contributed by atoms with Crippen LogP contribution in [0.25, 0.3) is 0 Å². The number of ether oxygens (including phenoxy) is 1. The fourth-order valence-electron chi connectivity index (χ4n) is 2.62. The first-order chi connectivity index (χ1) is 9.51. The molecule has 20 heavy (non-hydrogen) atoms. The molecule has 0 radical (unpaired) electrons. The van der Waals surface area contributed by atoms with Gasteiger partial charge in [-0.15, -0.1) is 0 Å². The average molecular weight is 292 g/mol. The minimum absolute atomic E-state index is 0.0159. The number of nitrogens with zero attached hydrogens (tertiary/aromatic N) is 1. The second-order valence-electron chi connectivity index (χ2n) is 5.27. The molecule has 1 aromatic rings. The van der Waals surface area contributed by atoms with Crippen LogP contribution in [0, 0.1) is 5.41 Å². The highest BCUT2D eigenvalue weighted by Crippen LogP contribution is 2.43. The molecule has 2 rings (SSSR count). The molecule has 5 heteroatoms. The Labute approximate surface area is 124 Å². The van der Waals surface area contributed by atoms with Crippen LogP contribution in [-0.2, 0) is 11.3 Å². The first kappa shape index (κ1) is 14.8. The van der Waals surface area contributed by atoms with Crippen LogP contribution in [0.5, 0.6) is 5.75 Å². The molecule has 1 aliphatic carbocycles. The van der Waals surface area contributed by atoms with E-state index in [2.05, 4.69) is 0 Å². The van der Waals surface area contributed by atoms with E-state index in [0.29, 0.717) is 11.5 Å². The molecule has 0 aromatic heterocycles. The quantitative estimate of drug-likeness (QED) is 0.845. The number of carbonyl (C=O) groups is 1. The van der Waals surface area contributed by atoms with Crippen molar-refractivity contribution in [3.05, 3.63) is 29.8 Å². The molecule has 4 nitrogen and oxygen atoms in total. The molecule has 0 aliphatic heterocycles. The maximum Gasteiger partial charge on any atom is 0.235 e. The van der Waals surface area contributed by atoms with E-state index in [4.69, 9.17) is 22.7 Å². The molecule has 0 atom stereocenters. The zero-order valence-corrected chi connectivity index (χ0v) is 12.7. The SMILES string of the molecule is COc1ccccc1CN(C)C(=O)C1(C(N)=S)CCC1. The highest BCUT2D eigenvalue weighted by molar-refractivity contribution is 7.80. The molecular formula is C15H20N2O2S. The minimum atomic E-state index is -0.619. The Hall–Kier alpha value is -1.62. The van der Waals surface area contributed by atoms with Gasteiger partial charge >= 0.3 is 0 Å². The Balaban J connectivity index is 2.14. The Morgan fingerprint density at radius 1 is 1.45 bits per heavy atom. The van der Waals surface area contributed by atoms with Gasteiger partial charge in [0.1, 0.15) is 5.75 Å². The lowest BCUT2D eigenvalue weighted by atomic mass is 9.67. The van der Waals surface area contributed by atoms with Crippen molar-refractivity contribution in [3.63, 3.8) is 0 Å². The van der Waals surface area contributed by atoms with Gasteiger partial charge in [-0.05, 0) is 18.9 Å². The van der Waals surface area contributed by atoms with Crippen LogP contribution in [0.3, 0.4) is 0 Å². The second-order valence-corrected chi connectivity index (χ2v) is 5.71.